The summed E-state index contributed by atoms with van der Waals surface area (Å²) in [4.78, 5) is 23.9. The summed E-state index contributed by atoms with van der Waals surface area (Å²) in [5.41, 5.74) is 2.19. The second kappa shape index (κ2) is 9.89. The monoisotopic (exact) mass is 404 g/mol. The fraction of sp³-hybridized carbons (Fsp3) is 0.300. The highest BCUT2D eigenvalue weighted by atomic mass is 32.2. The number of esters is 1. The SMILES string of the molecule is Cc1ccccc1N(CC(=O)OCC(=O)NCCc1ccccc1)S(C)(=O)=O. The lowest BCUT2D eigenvalue weighted by Gasteiger charge is -2.23. The Labute approximate surface area is 165 Å². The number of nitrogens with zero attached hydrogens (tertiary/aromatic N) is 1. The highest BCUT2D eigenvalue weighted by Crippen LogP contribution is 2.21. The van der Waals surface area contributed by atoms with Crippen molar-refractivity contribution >= 4 is 27.6 Å². The smallest absolute Gasteiger partial charge is 0.327 e. The van der Waals surface area contributed by atoms with E-state index in [2.05, 4.69) is 5.32 Å². The topological polar surface area (TPSA) is 92.8 Å². The van der Waals surface area contributed by atoms with Gasteiger partial charge in [-0.1, -0.05) is 48.5 Å². The van der Waals surface area contributed by atoms with Crippen molar-refractivity contribution in [2.45, 2.75) is 13.3 Å². The second-order valence-corrected chi connectivity index (χ2v) is 8.21. The Hall–Kier alpha value is -2.87. The van der Waals surface area contributed by atoms with Crippen molar-refractivity contribution in [3.63, 3.8) is 0 Å². The van der Waals surface area contributed by atoms with Crippen LogP contribution in [0, 0.1) is 6.92 Å². The summed E-state index contributed by atoms with van der Waals surface area (Å²) >= 11 is 0. The van der Waals surface area contributed by atoms with Crippen molar-refractivity contribution < 1.29 is 22.7 Å². The molecule has 0 spiro atoms. The molecule has 0 saturated heterocycles. The molecule has 2 aromatic carbocycles. The Balaban J connectivity index is 1.84. The number of hydrogen-bond acceptors (Lipinski definition) is 5. The van der Waals surface area contributed by atoms with Gasteiger partial charge in [0.25, 0.3) is 5.91 Å². The molecule has 0 aliphatic rings. The van der Waals surface area contributed by atoms with Crippen LogP contribution in [-0.2, 0) is 30.8 Å². The zero-order valence-electron chi connectivity index (χ0n) is 15.9. The van der Waals surface area contributed by atoms with E-state index in [4.69, 9.17) is 4.74 Å². The van der Waals surface area contributed by atoms with E-state index in [0.717, 1.165) is 16.1 Å². The number of amides is 1. The Kier molecular flexibility index (Phi) is 7.57. The van der Waals surface area contributed by atoms with Crippen molar-refractivity contribution in [2.24, 2.45) is 0 Å². The van der Waals surface area contributed by atoms with Crippen molar-refractivity contribution in [1.29, 1.82) is 0 Å². The molecular formula is C20H24N2O5S. The number of para-hydroxylation sites is 1. The zero-order valence-corrected chi connectivity index (χ0v) is 16.7. The largest absolute Gasteiger partial charge is 0.454 e. The predicted octanol–water partition coefficient (Wildman–Crippen LogP) is 1.66. The maximum atomic E-state index is 12.1. The number of sulfonamides is 1. The number of nitrogens with one attached hydrogen (secondary N) is 1. The number of benzene rings is 2. The minimum atomic E-state index is -3.69. The Morgan fingerprint density at radius 1 is 1.04 bits per heavy atom. The number of carbonyl (C=O) groups is 2. The molecule has 8 heteroatoms. The van der Waals surface area contributed by atoms with Gasteiger partial charge in [0.2, 0.25) is 10.0 Å². The first-order valence-electron chi connectivity index (χ1n) is 8.77. The van der Waals surface area contributed by atoms with Gasteiger partial charge in [-0.2, -0.15) is 0 Å². The summed E-state index contributed by atoms with van der Waals surface area (Å²) in [6.45, 7) is 1.21. The van der Waals surface area contributed by atoms with Gasteiger partial charge in [0.05, 0.1) is 11.9 Å². The molecule has 0 fully saturated rings. The maximum absolute atomic E-state index is 12.1. The van der Waals surface area contributed by atoms with Gasteiger partial charge in [-0.25, -0.2) is 8.42 Å². The fourth-order valence-electron chi connectivity index (χ4n) is 2.58. The number of anilines is 1. The van der Waals surface area contributed by atoms with Crippen LogP contribution in [0.15, 0.2) is 54.6 Å². The molecular weight excluding hydrogens is 380 g/mol. The Morgan fingerprint density at radius 3 is 2.32 bits per heavy atom. The highest BCUT2D eigenvalue weighted by molar-refractivity contribution is 7.92. The molecule has 7 nitrogen and oxygen atoms in total. The third kappa shape index (κ3) is 6.70. The average molecular weight is 404 g/mol. The molecule has 0 bridgehead atoms. The normalized spacial score (nSPS) is 10.9. The van der Waals surface area contributed by atoms with E-state index in [9.17, 15) is 18.0 Å². The Bertz CT molecular complexity index is 913. The van der Waals surface area contributed by atoms with E-state index in [1.807, 2.05) is 30.3 Å². The van der Waals surface area contributed by atoms with Crippen LogP contribution in [-0.4, -0.2) is 46.2 Å². The van der Waals surface area contributed by atoms with Crippen molar-refractivity contribution in [3.05, 3.63) is 65.7 Å². The predicted molar refractivity (Wildman–Crippen MR) is 107 cm³/mol. The van der Waals surface area contributed by atoms with Gasteiger partial charge in [0.1, 0.15) is 6.54 Å². The molecule has 28 heavy (non-hydrogen) atoms. The van der Waals surface area contributed by atoms with Crippen LogP contribution in [0.25, 0.3) is 0 Å². The van der Waals surface area contributed by atoms with Gasteiger partial charge in [-0.15, -0.1) is 0 Å². The molecule has 2 rings (SSSR count). The van der Waals surface area contributed by atoms with Crippen molar-refractivity contribution in [3.8, 4) is 0 Å². The van der Waals surface area contributed by atoms with Gasteiger partial charge < -0.3 is 10.1 Å². The van der Waals surface area contributed by atoms with Crippen LogP contribution in [0.1, 0.15) is 11.1 Å². The third-order valence-corrected chi connectivity index (χ3v) is 5.13. The fourth-order valence-corrected chi connectivity index (χ4v) is 3.48. The minimum absolute atomic E-state index is 0.397. The van der Waals surface area contributed by atoms with Crippen LogP contribution >= 0.6 is 0 Å². The number of rotatable bonds is 9. The molecule has 0 aliphatic heterocycles. The van der Waals surface area contributed by atoms with E-state index < -0.39 is 35.1 Å². The zero-order chi connectivity index (χ0) is 20.6. The molecule has 1 N–H and O–H groups in total. The lowest BCUT2D eigenvalue weighted by molar-refractivity contribution is -0.147. The molecule has 0 saturated carbocycles. The molecule has 2 aromatic rings. The summed E-state index contributed by atoms with van der Waals surface area (Å²) < 4.78 is 30.1. The molecule has 0 heterocycles. The first-order valence-corrected chi connectivity index (χ1v) is 10.6. The lowest BCUT2D eigenvalue weighted by atomic mass is 10.1. The van der Waals surface area contributed by atoms with Crippen LogP contribution in [0.2, 0.25) is 0 Å². The highest BCUT2D eigenvalue weighted by Gasteiger charge is 2.23. The third-order valence-electron chi connectivity index (χ3n) is 4.00. The van der Waals surface area contributed by atoms with Crippen LogP contribution in [0.5, 0.6) is 0 Å². The summed E-state index contributed by atoms with van der Waals surface area (Å²) in [6.07, 6.45) is 1.68. The molecule has 0 radical (unpaired) electrons. The second-order valence-electron chi connectivity index (χ2n) is 6.30. The lowest BCUT2D eigenvalue weighted by Crippen LogP contribution is -2.38. The molecule has 0 aromatic heterocycles. The number of aryl methyl sites for hydroxylation is 1. The average Bonchev–Trinajstić information content (AvgIpc) is 2.65. The quantitative estimate of drug-likeness (QED) is 0.642. The van der Waals surface area contributed by atoms with Crippen LogP contribution in [0.3, 0.4) is 0 Å². The number of ether oxygens (including phenoxy) is 1. The molecule has 150 valence electrons. The van der Waals surface area contributed by atoms with Gasteiger partial charge >= 0.3 is 5.97 Å². The molecule has 0 atom stereocenters. The van der Waals surface area contributed by atoms with E-state index in [-0.39, 0.29) is 0 Å². The summed E-state index contributed by atoms with van der Waals surface area (Å²) in [7, 11) is -3.69. The van der Waals surface area contributed by atoms with Crippen molar-refractivity contribution in [1.82, 2.24) is 5.32 Å². The molecule has 0 aliphatic carbocycles. The summed E-state index contributed by atoms with van der Waals surface area (Å²) in [5.74, 6) is -1.24. The van der Waals surface area contributed by atoms with Gasteiger partial charge in [0.15, 0.2) is 6.61 Å². The number of hydrogen-bond donors (Lipinski definition) is 1. The van der Waals surface area contributed by atoms with Gasteiger partial charge in [-0.05, 0) is 30.5 Å². The van der Waals surface area contributed by atoms with Crippen LogP contribution in [0.4, 0.5) is 5.69 Å². The van der Waals surface area contributed by atoms with Gasteiger partial charge in [-0.3, -0.25) is 13.9 Å². The number of carbonyl (C=O) groups excluding carboxylic acids is 2. The first-order chi connectivity index (χ1) is 13.3. The summed E-state index contributed by atoms with van der Waals surface area (Å²) in [5, 5.41) is 2.66. The van der Waals surface area contributed by atoms with Crippen LogP contribution < -0.4 is 9.62 Å². The summed E-state index contributed by atoms with van der Waals surface area (Å²) in [6, 6.07) is 16.5. The van der Waals surface area contributed by atoms with E-state index in [1.54, 1.807) is 31.2 Å². The standard InChI is InChI=1S/C20H24N2O5S/c1-16-8-6-7-11-18(16)22(28(2,25)26)14-20(24)27-15-19(23)21-13-12-17-9-4-3-5-10-17/h3-11H,12-15H2,1-2H3,(H,21,23). The minimum Gasteiger partial charge on any atom is -0.454 e. The van der Waals surface area contributed by atoms with E-state index in [1.165, 1.54) is 0 Å². The van der Waals surface area contributed by atoms with Gasteiger partial charge in [0, 0.05) is 6.54 Å². The van der Waals surface area contributed by atoms with E-state index >= 15 is 0 Å². The van der Waals surface area contributed by atoms with E-state index in [0.29, 0.717) is 24.2 Å². The first kappa shape index (κ1) is 21.4. The Morgan fingerprint density at radius 2 is 1.68 bits per heavy atom. The molecule has 0 unspecified atom stereocenters. The van der Waals surface area contributed by atoms with Crippen molar-refractivity contribution in [2.75, 3.05) is 30.3 Å². The maximum Gasteiger partial charge on any atom is 0.327 e. The molecule has 1 amide bonds.